The molecule has 0 saturated carbocycles. The minimum Gasteiger partial charge on any atom is -0.394 e. The molecule has 0 spiro atoms. The SMILES string of the molecule is CCC(CC)(CO)NC(=O)CCN1C(=O)NC(C)(C)C1=O. The van der Waals surface area contributed by atoms with Crippen molar-refractivity contribution in [2.75, 3.05) is 13.2 Å². The third-order valence-electron chi connectivity index (χ3n) is 4.07. The Kier molecular flexibility index (Phi) is 5.33. The number of urea groups is 1. The number of nitrogens with one attached hydrogen (secondary N) is 2. The number of aliphatic hydroxyl groups is 1. The van der Waals surface area contributed by atoms with Crippen LogP contribution in [0.5, 0.6) is 0 Å². The highest BCUT2D eigenvalue weighted by atomic mass is 16.3. The van der Waals surface area contributed by atoms with Gasteiger partial charge in [-0.1, -0.05) is 13.8 Å². The molecule has 1 fully saturated rings. The van der Waals surface area contributed by atoms with Crippen LogP contribution >= 0.6 is 0 Å². The number of hydrogen-bond donors (Lipinski definition) is 3. The molecule has 1 saturated heterocycles. The van der Waals surface area contributed by atoms with Gasteiger partial charge in [0, 0.05) is 13.0 Å². The Morgan fingerprint density at radius 3 is 2.29 bits per heavy atom. The smallest absolute Gasteiger partial charge is 0.325 e. The van der Waals surface area contributed by atoms with Crippen molar-refractivity contribution in [1.82, 2.24) is 15.5 Å². The first kappa shape index (κ1) is 17.4. The quantitative estimate of drug-likeness (QED) is 0.592. The number of rotatable bonds is 7. The van der Waals surface area contributed by atoms with Crippen LogP contribution in [0, 0.1) is 0 Å². The summed E-state index contributed by atoms with van der Waals surface area (Å²) in [5, 5.41) is 14.8. The van der Waals surface area contributed by atoms with Crippen LogP contribution in [-0.4, -0.2) is 52.1 Å². The molecule has 120 valence electrons. The number of nitrogens with zero attached hydrogens (tertiary/aromatic N) is 1. The van der Waals surface area contributed by atoms with E-state index in [4.69, 9.17) is 0 Å². The van der Waals surface area contributed by atoms with E-state index < -0.39 is 17.1 Å². The third kappa shape index (κ3) is 3.72. The molecule has 0 unspecified atom stereocenters. The molecular weight excluding hydrogens is 274 g/mol. The van der Waals surface area contributed by atoms with E-state index in [2.05, 4.69) is 10.6 Å². The van der Waals surface area contributed by atoms with E-state index >= 15 is 0 Å². The molecule has 0 radical (unpaired) electrons. The van der Waals surface area contributed by atoms with Crippen LogP contribution in [0.25, 0.3) is 0 Å². The molecule has 7 heteroatoms. The monoisotopic (exact) mass is 299 g/mol. The summed E-state index contributed by atoms with van der Waals surface area (Å²) in [4.78, 5) is 36.7. The summed E-state index contributed by atoms with van der Waals surface area (Å²) in [6.07, 6.45) is 1.25. The molecule has 4 amide bonds. The lowest BCUT2D eigenvalue weighted by atomic mass is 9.93. The van der Waals surface area contributed by atoms with Crippen LogP contribution in [0.3, 0.4) is 0 Å². The van der Waals surface area contributed by atoms with Gasteiger partial charge in [-0.25, -0.2) is 4.79 Å². The first-order valence-electron chi connectivity index (χ1n) is 7.27. The molecule has 7 nitrogen and oxygen atoms in total. The second kappa shape index (κ2) is 6.43. The van der Waals surface area contributed by atoms with Crippen molar-refractivity contribution < 1.29 is 19.5 Å². The summed E-state index contributed by atoms with van der Waals surface area (Å²) in [5.74, 6) is -0.613. The molecule has 3 N–H and O–H groups in total. The number of imide groups is 1. The van der Waals surface area contributed by atoms with Gasteiger partial charge in [-0.2, -0.15) is 0 Å². The van der Waals surface area contributed by atoms with E-state index in [1.54, 1.807) is 13.8 Å². The topological polar surface area (TPSA) is 98.7 Å². The lowest BCUT2D eigenvalue weighted by Crippen LogP contribution is -2.51. The zero-order chi connectivity index (χ0) is 16.3. The molecular formula is C14H25N3O4. The first-order chi connectivity index (χ1) is 9.71. The van der Waals surface area contributed by atoms with Crippen LogP contribution in [-0.2, 0) is 9.59 Å². The highest BCUT2D eigenvalue weighted by molar-refractivity contribution is 6.06. The average Bonchev–Trinajstić information content (AvgIpc) is 2.63. The normalized spacial score (nSPS) is 17.9. The minimum atomic E-state index is -0.921. The predicted molar refractivity (Wildman–Crippen MR) is 77.5 cm³/mol. The Morgan fingerprint density at radius 1 is 1.33 bits per heavy atom. The maximum Gasteiger partial charge on any atom is 0.325 e. The van der Waals surface area contributed by atoms with Gasteiger partial charge in [0.2, 0.25) is 5.91 Å². The standard InChI is InChI=1S/C14H25N3O4/c1-5-14(6-2,9-18)15-10(19)7-8-17-11(20)13(3,4)16-12(17)21/h18H,5-9H2,1-4H3,(H,15,19)(H,16,21). The van der Waals surface area contributed by atoms with Crippen molar-refractivity contribution in [3.8, 4) is 0 Å². The van der Waals surface area contributed by atoms with E-state index in [1.807, 2.05) is 13.8 Å². The van der Waals surface area contributed by atoms with Gasteiger partial charge in [-0.05, 0) is 26.7 Å². The highest BCUT2D eigenvalue weighted by Crippen LogP contribution is 2.17. The molecule has 1 aliphatic rings. The zero-order valence-corrected chi connectivity index (χ0v) is 13.2. The fourth-order valence-corrected chi connectivity index (χ4v) is 2.28. The van der Waals surface area contributed by atoms with E-state index in [1.165, 1.54) is 0 Å². The van der Waals surface area contributed by atoms with Gasteiger partial charge in [-0.15, -0.1) is 0 Å². The van der Waals surface area contributed by atoms with Gasteiger partial charge in [0.1, 0.15) is 5.54 Å². The summed E-state index contributed by atoms with van der Waals surface area (Å²) in [7, 11) is 0. The van der Waals surface area contributed by atoms with Crippen LogP contribution in [0.4, 0.5) is 4.79 Å². The summed E-state index contributed by atoms with van der Waals surface area (Å²) >= 11 is 0. The van der Waals surface area contributed by atoms with Crippen molar-refractivity contribution in [1.29, 1.82) is 0 Å². The average molecular weight is 299 g/mol. The second-order valence-corrected chi connectivity index (χ2v) is 5.96. The fraction of sp³-hybridized carbons (Fsp3) is 0.786. The van der Waals surface area contributed by atoms with Gasteiger partial charge in [0.15, 0.2) is 0 Å². The lowest BCUT2D eigenvalue weighted by molar-refractivity contribution is -0.130. The number of carbonyl (C=O) groups is 3. The van der Waals surface area contributed by atoms with Crippen LogP contribution in [0.15, 0.2) is 0 Å². The molecule has 0 aromatic rings. The molecule has 1 aliphatic heterocycles. The zero-order valence-electron chi connectivity index (χ0n) is 13.2. The van der Waals surface area contributed by atoms with Crippen molar-refractivity contribution in [3.05, 3.63) is 0 Å². The van der Waals surface area contributed by atoms with E-state index in [0.717, 1.165) is 4.90 Å². The van der Waals surface area contributed by atoms with E-state index in [9.17, 15) is 19.5 Å². The molecule has 0 atom stereocenters. The largest absolute Gasteiger partial charge is 0.394 e. The van der Waals surface area contributed by atoms with Crippen molar-refractivity contribution >= 4 is 17.8 Å². The van der Waals surface area contributed by atoms with E-state index in [0.29, 0.717) is 12.8 Å². The molecule has 0 aromatic carbocycles. The second-order valence-electron chi connectivity index (χ2n) is 5.96. The number of hydrogen-bond acceptors (Lipinski definition) is 4. The molecule has 21 heavy (non-hydrogen) atoms. The molecule has 0 bridgehead atoms. The number of amides is 4. The summed E-state index contributed by atoms with van der Waals surface area (Å²) in [6, 6.07) is -0.475. The molecule has 0 aliphatic carbocycles. The van der Waals surface area contributed by atoms with E-state index in [-0.39, 0.29) is 31.4 Å². The Morgan fingerprint density at radius 2 is 1.90 bits per heavy atom. The lowest BCUT2D eigenvalue weighted by Gasteiger charge is -2.31. The third-order valence-corrected chi connectivity index (χ3v) is 4.07. The van der Waals surface area contributed by atoms with Gasteiger partial charge >= 0.3 is 6.03 Å². The maximum atomic E-state index is 12.0. The van der Waals surface area contributed by atoms with Crippen molar-refractivity contribution in [2.24, 2.45) is 0 Å². The number of carbonyl (C=O) groups excluding carboxylic acids is 3. The minimum absolute atomic E-state index is 0.0248. The van der Waals surface area contributed by atoms with Crippen LogP contribution < -0.4 is 10.6 Å². The van der Waals surface area contributed by atoms with Crippen LogP contribution in [0.1, 0.15) is 47.0 Å². The number of aliphatic hydroxyl groups excluding tert-OH is 1. The van der Waals surface area contributed by atoms with Crippen LogP contribution in [0.2, 0.25) is 0 Å². The Labute approximate surface area is 125 Å². The fourth-order valence-electron chi connectivity index (χ4n) is 2.28. The van der Waals surface area contributed by atoms with Crippen molar-refractivity contribution in [3.63, 3.8) is 0 Å². The highest BCUT2D eigenvalue weighted by Gasteiger charge is 2.44. The first-order valence-corrected chi connectivity index (χ1v) is 7.27. The maximum absolute atomic E-state index is 12.0. The molecule has 0 aromatic heterocycles. The molecule has 1 rings (SSSR count). The van der Waals surface area contributed by atoms with Crippen molar-refractivity contribution in [2.45, 2.75) is 58.0 Å². The van der Waals surface area contributed by atoms with Gasteiger partial charge in [0.05, 0.1) is 12.1 Å². The summed E-state index contributed by atoms with van der Waals surface area (Å²) in [6.45, 7) is 6.92. The van der Waals surface area contributed by atoms with Gasteiger partial charge < -0.3 is 15.7 Å². The Balaban J connectivity index is 2.58. The summed E-state index contributed by atoms with van der Waals surface area (Å²) < 4.78 is 0. The Hall–Kier alpha value is -1.63. The van der Waals surface area contributed by atoms with Gasteiger partial charge in [-0.3, -0.25) is 14.5 Å². The summed E-state index contributed by atoms with van der Waals surface area (Å²) in [5.41, 5.74) is -1.55. The van der Waals surface area contributed by atoms with Gasteiger partial charge in [0.25, 0.3) is 5.91 Å². The molecule has 1 heterocycles. The Bertz CT molecular complexity index is 422. The predicted octanol–water partition coefficient (Wildman–Crippen LogP) is 0.374.